The normalized spacial score (nSPS) is 16.4. The highest BCUT2D eigenvalue weighted by Gasteiger charge is 2.32. The number of aromatic hydroxyl groups is 1. The van der Waals surface area contributed by atoms with E-state index in [1.54, 1.807) is 28.9 Å². The Kier molecular flexibility index (Phi) is 3.65. The highest BCUT2D eigenvalue weighted by molar-refractivity contribution is 6.29. The van der Waals surface area contributed by atoms with Crippen molar-refractivity contribution in [3.63, 3.8) is 0 Å². The first-order chi connectivity index (χ1) is 12.0. The molecule has 1 atom stereocenters. The Bertz CT molecular complexity index is 950. The molecule has 7 nitrogen and oxygen atoms in total. The minimum absolute atomic E-state index is 0.103. The van der Waals surface area contributed by atoms with Crippen molar-refractivity contribution in [1.29, 1.82) is 0 Å². The maximum absolute atomic E-state index is 12.3. The topological polar surface area (TPSA) is 92.9 Å². The number of nitrogens with zero attached hydrogens (tertiary/aromatic N) is 4. The van der Waals surface area contributed by atoms with E-state index in [1.807, 2.05) is 19.1 Å². The number of anilines is 1. The molecule has 1 aliphatic rings. The molecule has 1 unspecified atom stereocenters. The summed E-state index contributed by atoms with van der Waals surface area (Å²) in [4.78, 5) is 12.3. The number of carbonyl (C=O) groups is 1. The van der Waals surface area contributed by atoms with Crippen LogP contribution in [0.4, 0.5) is 5.82 Å². The minimum atomic E-state index is -0.140. The average Bonchev–Trinajstić information content (AvgIpc) is 2.92. The van der Waals surface area contributed by atoms with E-state index >= 15 is 0 Å². The Morgan fingerprint density at radius 2 is 1.96 bits per heavy atom. The molecule has 0 bridgehead atoms. The first-order valence-corrected chi connectivity index (χ1v) is 8.08. The molecule has 0 spiro atoms. The fourth-order valence-corrected chi connectivity index (χ4v) is 3.23. The molecule has 4 rings (SSSR count). The molecule has 2 aromatic heterocycles. The van der Waals surface area contributed by atoms with E-state index in [2.05, 4.69) is 20.6 Å². The van der Waals surface area contributed by atoms with Gasteiger partial charge in [0, 0.05) is 17.9 Å². The SMILES string of the molecule is Cc1nn(-c2ccc(Cl)nn2)c2c1C(c1ccc(O)cc1)CC(=O)N2. The zero-order chi connectivity index (χ0) is 17.6. The van der Waals surface area contributed by atoms with E-state index in [0.717, 1.165) is 16.8 Å². The molecular weight excluding hydrogens is 342 g/mol. The number of fused-ring (bicyclic) bond motifs is 1. The number of benzene rings is 1. The van der Waals surface area contributed by atoms with Crippen molar-refractivity contribution < 1.29 is 9.90 Å². The molecule has 1 amide bonds. The number of hydrogen-bond acceptors (Lipinski definition) is 5. The van der Waals surface area contributed by atoms with Gasteiger partial charge in [-0.05, 0) is 36.8 Å². The number of aromatic nitrogens is 4. The lowest BCUT2D eigenvalue weighted by molar-refractivity contribution is -0.116. The third-order valence-electron chi connectivity index (χ3n) is 4.23. The number of amides is 1. The molecule has 0 saturated carbocycles. The van der Waals surface area contributed by atoms with Crippen molar-refractivity contribution in [2.75, 3.05) is 5.32 Å². The number of carbonyl (C=O) groups excluding carboxylic acids is 1. The van der Waals surface area contributed by atoms with E-state index in [1.165, 1.54) is 0 Å². The molecule has 3 aromatic rings. The van der Waals surface area contributed by atoms with Gasteiger partial charge in [-0.1, -0.05) is 23.7 Å². The first kappa shape index (κ1) is 15.6. The van der Waals surface area contributed by atoms with Crippen LogP contribution in [0, 0.1) is 6.92 Å². The van der Waals surface area contributed by atoms with Crippen LogP contribution in [0.1, 0.15) is 29.2 Å². The highest BCUT2D eigenvalue weighted by atomic mass is 35.5. The molecule has 1 aromatic carbocycles. The van der Waals surface area contributed by atoms with Crippen LogP contribution in [0.3, 0.4) is 0 Å². The third-order valence-corrected chi connectivity index (χ3v) is 4.43. The summed E-state index contributed by atoms with van der Waals surface area (Å²) in [5.41, 5.74) is 2.67. The standard InChI is InChI=1S/C17H14ClN5O2/c1-9-16-12(10-2-4-11(24)5-3-10)8-15(25)19-17(16)23(22-9)14-7-6-13(18)20-21-14/h2-7,12,24H,8H2,1H3,(H,19,25). The number of phenols is 1. The Morgan fingerprint density at radius 1 is 1.20 bits per heavy atom. The largest absolute Gasteiger partial charge is 0.508 e. The summed E-state index contributed by atoms with van der Waals surface area (Å²) in [5, 5.41) is 25.1. The Morgan fingerprint density at radius 3 is 2.64 bits per heavy atom. The summed E-state index contributed by atoms with van der Waals surface area (Å²) in [7, 11) is 0. The van der Waals surface area contributed by atoms with Crippen LogP contribution < -0.4 is 5.32 Å². The van der Waals surface area contributed by atoms with E-state index in [-0.39, 0.29) is 22.7 Å². The van der Waals surface area contributed by atoms with Crippen molar-refractivity contribution in [2.45, 2.75) is 19.3 Å². The molecule has 2 N–H and O–H groups in total. The first-order valence-electron chi connectivity index (χ1n) is 7.71. The van der Waals surface area contributed by atoms with Gasteiger partial charge in [0.05, 0.1) is 5.69 Å². The summed E-state index contributed by atoms with van der Waals surface area (Å²) in [6, 6.07) is 10.2. The maximum Gasteiger partial charge on any atom is 0.226 e. The highest BCUT2D eigenvalue weighted by Crippen LogP contribution is 2.40. The number of nitrogens with one attached hydrogen (secondary N) is 1. The third kappa shape index (κ3) is 2.72. The summed E-state index contributed by atoms with van der Waals surface area (Å²) in [6.45, 7) is 1.89. The molecule has 8 heteroatoms. The van der Waals surface area contributed by atoms with Gasteiger partial charge in [-0.2, -0.15) is 9.78 Å². The predicted octanol–water partition coefficient (Wildman–Crippen LogP) is 2.80. The average molecular weight is 356 g/mol. The van der Waals surface area contributed by atoms with Crippen LogP contribution in [-0.2, 0) is 4.79 Å². The van der Waals surface area contributed by atoms with Crippen molar-refractivity contribution >= 4 is 23.3 Å². The van der Waals surface area contributed by atoms with Gasteiger partial charge in [0.15, 0.2) is 11.0 Å². The number of aryl methyl sites for hydroxylation is 1. The van der Waals surface area contributed by atoms with Crippen LogP contribution >= 0.6 is 11.6 Å². The Balaban J connectivity index is 1.85. The van der Waals surface area contributed by atoms with E-state index < -0.39 is 0 Å². The van der Waals surface area contributed by atoms with E-state index in [4.69, 9.17) is 11.6 Å². The lowest BCUT2D eigenvalue weighted by Crippen LogP contribution is -2.25. The molecule has 0 radical (unpaired) electrons. The van der Waals surface area contributed by atoms with Crippen LogP contribution in [0.2, 0.25) is 5.15 Å². The second kappa shape index (κ2) is 5.86. The van der Waals surface area contributed by atoms with E-state index in [9.17, 15) is 9.90 Å². The fourth-order valence-electron chi connectivity index (χ4n) is 3.13. The molecular formula is C17H14ClN5O2. The second-order valence-corrected chi connectivity index (χ2v) is 6.26. The molecule has 126 valence electrons. The number of rotatable bonds is 2. The van der Waals surface area contributed by atoms with Crippen molar-refractivity contribution in [1.82, 2.24) is 20.0 Å². The van der Waals surface area contributed by atoms with Crippen LogP contribution in [0.15, 0.2) is 36.4 Å². The fraction of sp³-hybridized carbons (Fsp3) is 0.176. The molecule has 3 heterocycles. The Hall–Kier alpha value is -2.93. The van der Waals surface area contributed by atoms with Crippen LogP contribution in [-0.4, -0.2) is 31.0 Å². The molecule has 25 heavy (non-hydrogen) atoms. The predicted molar refractivity (Wildman–Crippen MR) is 92.1 cm³/mol. The van der Waals surface area contributed by atoms with Crippen molar-refractivity contribution in [3.8, 4) is 11.6 Å². The van der Waals surface area contributed by atoms with Gasteiger partial charge in [0.25, 0.3) is 0 Å². The van der Waals surface area contributed by atoms with Gasteiger partial charge in [0.1, 0.15) is 11.6 Å². The van der Waals surface area contributed by atoms with Crippen molar-refractivity contribution in [2.24, 2.45) is 0 Å². The van der Waals surface area contributed by atoms with Crippen LogP contribution in [0.5, 0.6) is 5.75 Å². The van der Waals surface area contributed by atoms with Gasteiger partial charge >= 0.3 is 0 Å². The number of phenolic OH excluding ortho intramolecular Hbond substituents is 1. The molecule has 0 aliphatic carbocycles. The lowest BCUT2D eigenvalue weighted by Gasteiger charge is -2.24. The molecule has 0 saturated heterocycles. The summed E-state index contributed by atoms with van der Waals surface area (Å²) < 4.78 is 1.57. The number of halogens is 1. The quantitative estimate of drug-likeness (QED) is 0.737. The molecule has 0 fully saturated rings. The monoisotopic (exact) mass is 355 g/mol. The lowest BCUT2D eigenvalue weighted by atomic mass is 9.86. The van der Waals surface area contributed by atoms with Crippen molar-refractivity contribution in [3.05, 3.63) is 58.4 Å². The summed E-state index contributed by atoms with van der Waals surface area (Å²) in [5.74, 6) is 1.00. The smallest absolute Gasteiger partial charge is 0.226 e. The van der Waals surface area contributed by atoms with Gasteiger partial charge in [-0.15, -0.1) is 10.2 Å². The maximum atomic E-state index is 12.3. The van der Waals surface area contributed by atoms with Gasteiger partial charge in [-0.25, -0.2) is 0 Å². The summed E-state index contributed by atoms with van der Waals surface area (Å²) in [6.07, 6.45) is 0.316. The number of hydrogen-bond donors (Lipinski definition) is 2. The summed E-state index contributed by atoms with van der Waals surface area (Å²) >= 11 is 5.79. The minimum Gasteiger partial charge on any atom is -0.508 e. The van der Waals surface area contributed by atoms with Crippen LogP contribution in [0.25, 0.3) is 5.82 Å². The zero-order valence-corrected chi connectivity index (χ0v) is 14.0. The zero-order valence-electron chi connectivity index (χ0n) is 13.3. The van der Waals surface area contributed by atoms with Gasteiger partial charge in [-0.3, -0.25) is 4.79 Å². The van der Waals surface area contributed by atoms with E-state index in [0.29, 0.717) is 18.1 Å². The Labute approximate surface area is 148 Å². The molecule has 1 aliphatic heterocycles. The van der Waals surface area contributed by atoms with Gasteiger partial charge in [0.2, 0.25) is 5.91 Å². The second-order valence-electron chi connectivity index (χ2n) is 5.87. The van der Waals surface area contributed by atoms with Gasteiger partial charge < -0.3 is 10.4 Å².